The van der Waals surface area contributed by atoms with Crippen molar-refractivity contribution in [1.82, 2.24) is 4.90 Å². The molecule has 1 saturated carbocycles. The van der Waals surface area contributed by atoms with Gasteiger partial charge in [-0.3, -0.25) is 4.79 Å². The molecule has 2 atom stereocenters. The van der Waals surface area contributed by atoms with Gasteiger partial charge in [-0.25, -0.2) is 0 Å². The second-order valence-electron chi connectivity index (χ2n) is 5.28. The molecule has 0 aliphatic heterocycles. The lowest BCUT2D eigenvalue weighted by molar-refractivity contribution is -0.138. The molecule has 0 aromatic heterocycles. The molecule has 1 rings (SSSR count). The van der Waals surface area contributed by atoms with Gasteiger partial charge in [-0.05, 0) is 45.6 Å². The molecule has 0 aromatic rings. The minimum atomic E-state index is 0.264. The van der Waals surface area contributed by atoms with E-state index in [2.05, 4.69) is 20.8 Å². The fraction of sp³-hybridized carbons (Fsp3) is 0.923. The van der Waals surface area contributed by atoms with Crippen molar-refractivity contribution in [2.45, 2.75) is 52.5 Å². The molecule has 0 saturated heterocycles. The zero-order chi connectivity index (χ0) is 12.1. The quantitative estimate of drug-likeness (QED) is 0.779. The molecule has 0 spiro atoms. The van der Waals surface area contributed by atoms with Gasteiger partial charge in [0.2, 0.25) is 5.91 Å². The van der Waals surface area contributed by atoms with E-state index in [1.807, 2.05) is 4.90 Å². The lowest BCUT2D eigenvalue weighted by atomic mass is 9.96. The van der Waals surface area contributed by atoms with E-state index in [0.29, 0.717) is 24.4 Å². The van der Waals surface area contributed by atoms with Gasteiger partial charge in [0.05, 0.1) is 0 Å². The molecule has 3 heteroatoms. The fourth-order valence-electron chi connectivity index (χ4n) is 2.61. The molecule has 0 aromatic carbocycles. The molecule has 94 valence electrons. The highest BCUT2D eigenvalue weighted by Crippen LogP contribution is 2.32. The van der Waals surface area contributed by atoms with E-state index >= 15 is 0 Å². The maximum Gasteiger partial charge on any atom is 0.226 e. The van der Waals surface area contributed by atoms with Gasteiger partial charge in [-0.1, -0.05) is 13.3 Å². The van der Waals surface area contributed by atoms with E-state index in [9.17, 15) is 4.79 Å². The maximum absolute atomic E-state index is 12.4. The van der Waals surface area contributed by atoms with E-state index in [0.717, 1.165) is 19.4 Å². The second-order valence-corrected chi connectivity index (χ2v) is 5.28. The van der Waals surface area contributed by atoms with Crippen molar-refractivity contribution in [3.05, 3.63) is 0 Å². The first kappa shape index (κ1) is 13.5. The third-order valence-corrected chi connectivity index (χ3v) is 3.69. The van der Waals surface area contributed by atoms with Crippen LogP contribution in [0.1, 0.15) is 46.5 Å². The molecule has 1 aliphatic rings. The van der Waals surface area contributed by atoms with E-state index < -0.39 is 0 Å². The zero-order valence-corrected chi connectivity index (χ0v) is 10.9. The Kier molecular flexibility index (Phi) is 5.26. The number of rotatable bonds is 5. The Morgan fingerprint density at radius 3 is 2.56 bits per heavy atom. The predicted molar refractivity (Wildman–Crippen MR) is 67.0 cm³/mol. The molecule has 16 heavy (non-hydrogen) atoms. The first-order valence-corrected chi connectivity index (χ1v) is 6.58. The van der Waals surface area contributed by atoms with Gasteiger partial charge in [-0.15, -0.1) is 0 Å². The normalized spacial score (nSPS) is 25.1. The first-order chi connectivity index (χ1) is 7.57. The van der Waals surface area contributed by atoms with Gasteiger partial charge in [0.15, 0.2) is 0 Å². The third kappa shape index (κ3) is 3.21. The second kappa shape index (κ2) is 6.24. The minimum absolute atomic E-state index is 0.264. The molecule has 1 fully saturated rings. The smallest absolute Gasteiger partial charge is 0.226 e. The van der Waals surface area contributed by atoms with Gasteiger partial charge < -0.3 is 10.6 Å². The molecular weight excluding hydrogens is 200 g/mol. The molecule has 1 amide bonds. The van der Waals surface area contributed by atoms with Crippen LogP contribution in [0.3, 0.4) is 0 Å². The van der Waals surface area contributed by atoms with Crippen molar-refractivity contribution in [1.29, 1.82) is 0 Å². The summed E-state index contributed by atoms with van der Waals surface area (Å²) in [5.41, 5.74) is 5.52. The molecule has 2 N–H and O–H groups in total. The highest BCUT2D eigenvalue weighted by atomic mass is 16.2. The van der Waals surface area contributed by atoms with Crippen LogP contribution in [0, 0.1) is 11.8 Å². The van der Waals surface area contributed by atoms with Gasteiger partial charge >= 0.3 is 0 Å². The number of hydrogen-bond acceptors (Lipinski definition) is 2. The molecule has 3 nitrogen and oxygen atoms in total. The van der Waals surface area contributed by atoms with Crippen molar-refractivity contribution in [3.63, 3.8) is 0 Å². The maximum atomic E-state index is 12.4. The highest BCUT2D eigenvalue weighted by molar-refractivity contribution is 5.79. The average Bonchev–Trinajstić information content (AvgIpc) is 2.64. The van der Waals surface area contributed by atoms with Crippen LogP contribution in [0.2, 0.25) is 0 Å². The van der Waals surface area contributed by atoms with E-state index in [1.165, 1.54) is 12.8 Å². The third-order valence-electron chi connectivity index (χ3n) is 3.69. The number of amides is 1. The molecular formula is C13H26N2O. The number of hydrogen-bond donors (Lipinski definition) is 1. The van der Waals surface area contributed by atoms with Gasteiger partial charge in [0, 0.05) is 18.5 Å². The van der Waals surface area contributed by atoms with Crippen LogP contribution >= 0.6 is 0 Å². The molecule has 0 bridgehead atoms. The van der Waals surface area contributed by atoms with E-state index in [-0.39, 0.29) is 5.92 Å². The number of carbonyl (C=O) groups excluding carboxylic acids is 1. The summed E-state index contributed by atoms with van der Waals surface area (Å²) in [6, 6.07) is 0.298. The predicted octanol–water partition coefficient (Wildman–Crippen LogP) is 2.01. The Labute approximate surface area is 99.4 Å². The standard InChI is InChI=1S/C13H26N2O/c1-10(2)15(9-5-8-14)13(16)12-7-4-6-11(12)3/h10-12H,4-9,14H2,1-3H3. The lowest BCUT2D eigenvalue weighted by Gasteiger charge is -2.30. The van der Waals surface area contributed by atoms with Crippen LogP contribution in [-0.2, 0) is 4.79 Å². The van der Waals surface area contributed by atoms with Crippen molar-refractivity contribution in [2.75, 3.05) is 13.1 Å². The minimum Gasteiger partial charge on any atom is -0.340 e. The topological polar surface area (TPSA) is 46.3 Å². The first-order valence-electron chi connectivity index (χ1n) is 6.58. The Morgan fingerprint density at radius 2 is 2.12 bits per heavy atom. The Hall–Kier alpha value is -0.570. The van der Waals surface area contributed by atoms with Crippen LogP contribution in [0.25, 0.3) is 0 Å². The summed E-state index contributed by atoms with van der Waals surface area (Å²) in [7, 11) is 0. The van der Waals surface area contributed by atoms with Gasteiger partial charge in [0.1, 0.15) is 0 Å². The number of carbonyl (C=O) groups is 1. The molecule has 1 aliphatic carbocycles. The van der Waals surface area contributed by atoms with Gasteiger partial charge in [0.25, 0.3) is 0 Å². The largest absolute Gasteiger partial charge is 0.340 e. The van der Waals surface area contributed by atoms with Crippen LogP contribution in [0.4, 0.5) is 0 Å². The Morgan fingerprint density at radius 1 is 1.44 bits per heavy atom. The molecule has 0 heterocycles. The number of nitrogens with zero attached hydrogens (tertiary/aromatic N) is 1. The summed E-state index contributed by atoms with van der Waals surface area (Å²) in [6.45, 7) is 7.87. The summed E-state index contributed by atoms with van der Waals surface area (Å²) in [6.07, 6.45) is 4.40. The van der Waals surface area contributed by atoms with Crippen molar-refractivity contribution in [3.8, 4) is 0 Å². The summed E-state index contributed by atoms with van der Waals surface area (Å²) < 4.78 is 0. The fourth-order valence-corrected chi connectivity index (χ4v) is 2.61. The average molecular weight is 226 g/mol. The summed E-state index contributed by atoms with van der Waals surface area (Å²) in [5.74, 6) is 1.18. The van der Waals surface area contributed by atoms with Gasteiger partial charge in [-0.2, -0.15) is 0 Å². The van der Waals surface area contributed by atoms with Crippen molar-refractivity contribution in [2.24, 2.45) is 17.6 Å². The summed E-state index contributed by atoms with van der Waals surface area (Å²) in [4.78, 5) is 14.4. The molecule has 0 radical (unpaired) electrons. The lowest BCUT2D eigenvalue weighted by Crippen LogP contribution is -2.42. The summed E-state index contributed by atoms with van der Waals surface area (Å²) in [5, 5.41) is 0. The zero-order valence-electron chi connectivity index (χ0n) is 10.9. The number of nitrogens with two attached hydrogens (primary N) is 1. The van der Waals surface area contributed by atoms with Crippen LogP contribution < -0.4 is 5.73 Å². The van der Waals surface area contributed by atoms with E-state index in [4.69, 9.17) is 5.73 Å². The SMILES string of the molecule is CC1CCCC1C(=O)N(CCCN)C(C)C. The van der Waals surface area contributed by atoms with Crippen molar-refractivity contribution < 1.29 is 4.79 Å². The molecule has 2 unspecified atom stereocenters. The highest BCUT2D eigenvalue weighted by Gasteiger charge is 2.33. The van der Waals surface area contributed by atoms with Crippen molar-refractivity contribution >= 4 is 5.91 Å². The summed E-state index contributed by atoms with van der Waals surface area (Å²) >= 11 is 0. The Bertz CT molecular complexity index is 228. The van der Waals surface area contributed by atoms with Crippen LogP contribution in [0.15, 0.2) is 0 Å². The van der Waals surface area contributed by atoms with Crippen LogP contribution in [-0.4, -0.2) is 29.9 Å². The van der Waals surface area contributed by atoms with E-state index in [1.54, 1.807) is 0 Å². The Balaban J connectivity index is 2.59. The van der Waals surface area contributed by atoms with Crippen LogP contribution in [0.5, 0.6) is 0 Å². The monoisotopic (exact) mass is 226 g/mol.